The van der Waals surface area contributed by atoms with Crippen molar-refractivity contribution in [1.82, 2.24) is 9.13 Å². The van der Waals surface area contributed by atoms with Crippen LogP contribution in [0.1, 0.15) is 0 Å². The molecule has 0 amide bonds. The Hall–Kier alpha value is -7.56. The lowest BCUT2D eigenvalue weighted by Crippen LogP contribution is -1.93. The molecule has 0 spiro atoms. The number of benzene rings is 9. The van der Waals surface area contributed by atoms with Crippen LogP contribution in [-0.4, -0.2) is 9.13 Å². The fraction of sp³-hybridized carbons (Fsp3) is 0. The van der Waals surface area contributed by atoms with E-state index in [0.29, 0.717) is 0 Å². The van der Waals surface area contributed by atoms with E-state index in [1.807, 2.05) is 0 Å². The third-order valence-electron chi connectivity index (χ3n) is 11.9. The van der Waals surface area contributed by atoms with Crippen LogP contribution in [0.5, 0.6) is 0 Å². The molecule has 0 aliphatic carbocycles. The van der Waals surface area contributed by atoms with E-state index in [4.69, 9.17) is 8.83 Å². The van der Waals surface area contributed by atoms with E-state index in [2.05, 4.69) is 191 Å². The van der Waals surface area contributed by atoms with Gasteiger partial charge in [-0.05, 0) is 89.1 Å². The summed E-state index contributed by atoms with van der Waals surface area (Å²) in [6, 6.07) is 65.3. The number of nitrogens with zero attached hydrogens (tertiary/aromatic N) is 2. The van der Waals surface area contributed by atoms with Crippen LogP contribution in [0, 0.1) is 0 Å². The van der Waals surface area contributed by atoms with Crippen molar-refractivity contribution in [3.05, 3.63) is 182 Å². The fourth-order valence-corrected chi connectivity index (χ4v) is 9.40. The highest BCUT2D eigenvalue weighted by molar-refractivity contribution is 6.23. The van der Waals surface area contributed by atoms with Gasteiger partial charge in [0.05, 0.1) is 27.6 Å². The van der Waals surface area contributed by atoms with Crippen LogP contribution in [0.2, 0.25) is 0 Å². The van der Waals surface area contributed by atoms with Crippen LogP contribution in [0.4, 0.5) is 0 Å². The third-order valence-corrected chi connectivity index (χ3v) is 11.9. The number of fused-ring (bicyclic) bond motifs is 13. The Labute approximate surface area is 319 Å². The minimum absolute atomic E-state index is 0.823. The van der Waals surface area contributed by atoms with Gasteiger partial charge in [0.15, 0.2) is 0 Å². The Bertz CT molecular complexity index is 3460. The molecule has 9 aromatic carbocycles. The molecule has 4 heteroatoms. The van der Waals surface area contributed by atoms with Crippen molar-refractivity contribution in [3.63, 3.8) is 0 Å². The summed E-state index contributed by atoms with van der Waals surface area (Å²) in [6.07, 6.45) is 0. The molecule has 4 heterocycles. The molecule has 0 bridgehead atoms. The standard InChI is InChI=1S/C52H30N2O2/c1-2-12-32-27-33(22-21-31(32)11-1)50-51-42(40-28-34(23-25-48(40)55-51)53-44-17-7-3-13-36(44)37-14-4-8-18-45(37)53)30-43-41-29-35(24-26-49(41)56-52(43)50)54-46-19-9-5-15-38(46)39-16-6-10-20-47(39)54/h1-30H. The van der Waals surface area contributed by atoms with Crippen molar-refractivity contribution < 1.29 is 8.83 Å². The third kappa shape index (κ3) is 4.02. The van der Waals surface area contributed by atoms with Crippen LogP contribution >= 0.6 is 0 Å². The summed E-state index contributed by atoms with van der Waals surface area (Å²) in [5, 5.41) is 11.6. The number of furan rings is 2. The van der Waals surface area contributed by atoms with Crippen molar-refractivity contribution in [3.8, 4) is 22.5 Å². The molecule has 13 aromatic rings. The molecular weight excluding hydrogens is 685 g/mol. The van der Waals surface area contributed by atoms with Gasteiger partial charge in [-0.25, -0.2) is 0 Å². The molecule has 0 saturated heterocycles. The average molecular weight is 715 g/mol. The summed E-state index contributed by atoms with van der Waals surface area (Å²) in [5.74, 6) is 0. The van der Waals surface area contributed by atoms with Crippen LogP contribution in [0.25, 0.3) is 121 Å². The molecular formula is C52H30N2O2. The van der Waals surface area contributed by atoms with Gasteiger partial charge in [-0.15, -0.1) is 0 Å². The predicted octanol–water partition coefficient (Wildman–Crippen LogP) is 14.5. The molecule has 0 fully saturated rings. The summed E-state index contributed by atoms with van der Waals surface area (Å²) in [7, 11) is 0. The zero-order valence-electron chi connectivity index (χ0n) is 30.0. The number of para-hydroxylation sites is 4. The minimum Gasteiger partial charge on any atom is -0.455 e. The summed E-state index contributed by atoms with van der Waals surface area (Å²) in [5.41, 5.74) is 12.3. The Morgan fingerprint density at radius 2 is 0.732 bits per heavy atom. The first-order chi connectivity index (χ1) is 27.8. The lowest BCUT2D eigenvalue weighted by atomic mass is 9.96. The first-order valence-electron chi connectivity index (χ1n) is 19.1. The maximum Gasteiger partial charge on any atom is 0.147 e. The first kappa shape index (κ1) is 29.8. The van der Waals surface area contributed by atoms with Gasteiger partial charge >= 0.3 is 0 Å². The summed E-state index contributed by atoms with van der Waals surface area (Å²) in [4.78, 5) is 0. The van der Waals surface area contributed by atoms with Gasteiger partial charge in [0.1, 0.15) is 22.3 Å². The van der Waals surface area contributed by atoms with Gasteiger partial charge in [0.2, 0.25) is 0 Å². The molecule has 0 N–H and O–H groups in total. The highest BCUT2D eigenvalue weighted by atomic mass is 16.3. The predicted molar refractivity (Wildman–Crippen MR) is 233 cm³/mol. The minimum atomic E-state index is 0.823. The first-order valence-corrected chi connectivity index (χ1v) is 19.1. The average Bonchev–Trinajstić information content (AvgIpc) is 4.00. The molecule has 0 saturated carbocycles. The van der Waals surface area contributed by atoms with Crippen LogP contribution in [-0.2, 0) is 0 Å². The molecule has 260 valence electrons. The molecule has 0 radical (unpaired) electrons. The van der Waals surface area contributed by atoms with E-state index in [1.165, 1.54) is 54.4 Å². The molecule has 0 unspecified atom stereocenters. The molecule has 13 rings (SSSR count). The highest BCUT2D eigenvalue weighted by Crippen LogP contribution is 2.46. The Balaban J connectivity index is 1.13. The summed E-state index contributed by atoms with van der Waals surface area (Å²) >= 11 is 0. The Morgan fingerprint density at radius 1 is 0.304 bits per heavy atom. The van der Waals surface area contributed by atoms with Gasteiger partial charge < -0.3 is 18.0 Å². The Kier molecular flexibility index (Phi) is 5.86. The lowest BCUT2D eigenvalue weighted by molar-refractivity contribution is 0.658. The zero-order chi connectivity index (χ0) is 36.5. The van der Waals surface area contributed by atoms with E-state index in [-0.39, 0.29) is 0 Å². The van der Waals surface area contributed by atoms with E-state index >= 15 is 0 Å². The smallest absolute Gasteiger partial charge is 0.147 e. The molecule has 4 nitrogen and oxygen atoms in total. The molecule has 4 aromatic heterocycles. The van der Waals surface area contributed by atoms with E-state index in [9.17, 15) is 0 Å². The number of aromatic nitrogens is 2. The maximum atomic E-state index is 6.91. The van der Waals surface area contributed by atoms with Crippen molar-refractivity contribution >= 4 is 98.3 Å². The van der Waals surface area contributed by atoms with Crippen molar-refractivity contribution in [1.29, 1.82) is 0 Å². The number of hydrogen-bond donors (Lipinski definition) is 0. The second-order valence-electron chi connectivity index (χ2n) is 14.9. The second-order valence-corrected chi connectivity index (χ2v) is 14.9. The summed E-state index contributed by atoms with van der Waals surface area (Å²) < 4.78 is 18.6. The van der Waals surface area contributed by atoms with Gasteiger partial charge in [-0.1, -0.05) is 109 Å². The van der Waals surface area contributed by atoms with Crippen molar-refractivity contribution in [2.45, 2.75) is 0 Å². The molecule has 0 aliphatic rings. The van der Waals surface area contributed by atoms with Crippen molar-refractivity contribution in [2.24, 2.45) is 0 Å². The topological polar surface area (TPSA) is 36.1 Å². The van der Waals surface area contributed by atoms with Crippen LogP contribution < -0.4 is 0 Å². The highest BCUT2D eigenvalue weighted by Gasteiger charge is 2.23. The van der Waals surface area contributed by atoms with Gasteiger partial charge in [0.25, 0.3) is 0 Å². The Morgan fingerprint density at radius 3 is 1.21 bits per heavy atom. The zero-order valence-corrected chi connectivity index (χ0v) is 30.0. The van der Waals surface area contributed by atoms with Gasteiger partial charge in [0, 0.05) is 54.5 Å². The normalized spacial score (nSPS) is 12.3. The SMILES string of the molecule is c1ccc2cc(-c3c4oc5ccc(-n6c7ccccc7c7ccccc76)cc5c4cc4c3oc3ccc(-n5c6ccccc6c6ccccc65)cc34)ccc2c1. The van der Waals surface area contributed by atoms with E-state index < -0.39 is 0 Å². The maximum absolute atomic E-state index is 6.91. The lowest BCUT2D eigenvalue weighted by Gasteiger charge is -2.08. The van der Waals surface area contributed by atoms with Crippen molar-refractivity contribution in [2.75, 3.05) is 0 Å². The van der Waals surface area contributed by atoms with E-state index in [1.54, 1.807) is 0 Å². The monoisotopic (exact) mass is 714 g/mol. The largest absolute Gasteiger partial charge is 0.455 e. The molecule has 0 atom stereocenters. The molecule has 0 aliphatic heterocycles. The van der Waals surface area contributed by atoms with Gasteiger partial charge in [-0.2, -0.15) is 0 Å². The second kappa shape index (κ2) is 11.0. The number of rotatable bonds is 3. The number of hydrogen-bond acceptors (Lipinski definition) is 2. The molecule has 56 heavy (non-hydrogen) atoms. The van der Waals surface area contributed by atoms with Crippen LogP contribution in [0.3, 0.4) is 0 Å². The van der Waals surface area contributed by atoms with E-state index in [0.717, 1.165) is 66.4 Å². The summed E-state index contributed by atoms with van der Waals surface area (Å²) in [6.45, 7) is 0. The fourth-order valence-electron chi connectivity index (χ4n) is 9.40. The van der Waals surface area contributed by atoms with Crippen LogP contribution in [0.15, 0.2) is 191 Å². The quantitative estimate of drug-likeness (QED) is 0.183. The van der Waals surface area contributed by atoms with Gasteiger partial charge in [-0.3, -0.25) is 0 Å².